The molecule has 12 heavy (non-hydrogen) atoms. The highest BCUT2D eigenvalue weighted by Crippen LogP contribution is 2.12. The minimum atomic E-state index is 0.197. The Morgan fingerprint density at radius 3 is 3.08 bits per heavy atom. The van der Waals surface area contributed by atoms with E-state index in [0.717, 1.165) is 19.7 Å². The number of morpholine rings is 1. The molecule has 1 heterocycles. The Balaban J connectivity index is 2.41. The number of ether oxygens (including phenoxy) is 1. The lowest BCUT2D eigenvalue weighted by atomic mass is 10.2. The lowest BCUT2D eigenvalue weighted by molar-refractivity contribution is -0.0430. The molecular weight excluding hydrogens is 174 g/mol. The van der Waals surface area contributed by atoms with Gasteiger partial charge in [0.25, 0.3) is 0 Å². The molecule has 1 aliphatic heterocycles. The van der Waals surface area contributed by atoms with Crippen LogP contribution in [0.15, 0.2) is 12.7 Å². The van der Waals surface area contributed by atoms with Crippen LogP contribution in [0.2, 0.25) is 0 Å². The first-order valence-corrected chi connectivity index (χ1v) is 4.84. The first-order chi connectivity index (χ1) is 5.77. The molecule has 0 aliphatic carbocycles. The smallest absolute Gasteiger partial charge is 0.0838 e. The quantitative estimate of drug-likeness (QED) is 0.493. The zero-order chi connectivity index (χ0) is 8.97. The first-order valence-electron chi connectivity index (χ1n) is 4.30. The molecule has 0 aromatic rings. The minimum Gasteiger partial charge on any atom is -0.374 e. The third-order valence-electron chi connectivity index (χ3n) is 2.17. The lowest BCUT2D eigenvalue weighted by Gasteiger charge is -2.36. The Bertz CT molecular complexity index is 151. The molecule has 0 N–H and O–H groups in total. The van der Waals surface area contributed by atoms with E-state index < -0.39 is 0 Å². The van der Waals surface area contributed by atoms with Crippen molar-refractivity contribution in [2.75, 3.05) is 25.6 Å². The summed E-state index contributed by atoms with van der Waals surface area (Å²) >= 11 is 5.72. The van der Waals surface area contributed by atoms with Crippen molar-refractivity contribution in [3.8, 4) is 0 Å². The fourth-order valence-corrected chi connectivity index (χ4v) is 1.58. The van der Waals surface area contributed by atoms with Crippen molar-refractivity contribution in [1.29, 1.82) is 0 Å². The van der Waals surface area contributed by atoms with Gasteiger partial charge in [-0.25, -0.2) is 0 Å². The molecule has 70 valence electrons. The third kappa shape index (κ3) is 2.47. The molecule has 2 unspecified atom stereocenters. The highest BCUT2D eigenvalue weighted by molar-refractivity contribution is 6.18. The van der Waals surface area contributed by atoms with Crippen LogP contribution < -0.4 is 0 Å². The van der Waals surface area contributed by atoms with Gasteiger partial charge in [0.2, 0.25) is 0 Å². The van der Waals surface area contributed by atoms with Crippen LogP contribution in [0.4, 0.5) is 0 Å². The van der Waals surface area contributed by atoms with Crippen LogP contribution in [0, 0.1) is 0 Å². The number of alkyl halides is 1. The Hall–Kier alpha value is -0.0500. The maximum atomic E-state index is 5.72. The standard InChI is InChI=1S/C9H16ClNO/c1-3-4-11-6-9(5-10)12-7-8(11)2/h3,8-9H,1,4-7H2,2H3. The highest BCUT2D eigenvalue weighted by Gasteiger charge is 2.23. The highest BCUT2D eigenvalue weighted by atomic mass is 35.5. The maximum absolute atomic E-state index is 5.72. The molecule has 0 radical (unpaired) electrons. The van der Waals surface area contributed by atoms with Gasteiger partial charge in [0.15, 0.2) is 0 Å². The molecule has 1 fully saturated rings. The molecule has 1 saturated heterocycles. The lowest BCUT2D eigenvalue weighted by Crippen LogP contribution is -2.48. The second-order valence-electron chi connectivity index (χ2n) is 3.20. The van der Waals surface area contributed by atoms with Crippen molar-refractivity contribution in [2.45, 2.75) is 19.1 Å². The van der Waals surface area contributed by atoms with E-state index in [-0.39, 0.29) is 6.10 Å². The number of hydrogen-bond acceptors (Lipinski definition) is 2. The summed E-state index contributed by atoms with van der Waals surface area (Å²) in [5, 5.41) is 0. The van der Waals surface area contributed by atoms with Gasteiger partial charge in [-0.05, 0) is 6.92 Å². The van der Waals surface area contributed by atoms with Crippen LogP contribution in [0.25, 0.3) is 0 Å². The Morgan fingerprint density at radius 1 is 1.75 bits per heavy atom. The summed E-state index contributed by atoms with van der Waals surface area (Å²) in [6, 6.07) is 0.488. The molecule has 2 nitrogen and oxygen atoms in total. The van der Waals surface area contributed by atoms with Gasteiger partial charge in [-0.3, -0.25) is 4.90 Å². The van der Waals surface area contributed by atoms with Gasteiger partial charge in [-0.2, -0.15) is 0 Å². The van der Waals surface area contributed by atoms with Gasteiger partial charge in [-0.1, -0.05) is 6.08 Å². The van der Waals surface area contributed by atoms with Gasteiger partial charge >= 0.3 is 0 Å². The average Bonchev–Trinajstić information content (AvgIpc) is 2.09. The van der Waals surface area contributed by atoms with E-state index in [2.05, 4.69) is 18.4 Å². The summed E-state index contributed by atoms with van der Waals surface area (Å²) in [6.07, 6.45) is 2.12. The predicted octanol–water partition coefficient (Wildman–Crippen LogP) is 1.50. The van der Waals surface area contributed by atoms with Crippen LogP contribution in [0.1, 0.15) is 6.92 Å². The van der Waals surface area contributed by atoms with E-state index in [9.17, 15) is 0 Å². The minimum absolute atomic E-state index is 0.197. The van der Waals surface area contributed by atoms with Gasteiger partial charge in [0.1, 0.15) is 0 Å². The fraction of sp³-hybridized carbons (Fsp3) is 0.778. The Labute approximate surface area is 79.1 Å². The summed E-state index contributed by atoms with van der Waals surface area (Å²) in [7, 11) is 0. The van der Waals surface area contributed by atoms with E-state index in [1.807, 2.05) is 6.08 Å². The zero-order valence-corrected chi connectivity index (χ0v) is 8.26. The van der Waals surface area contributed by atoms with Gasteiger partial charge in [-0.15, -0.1) is 18.2 Å². The van der Waals surface area contributed by atoms with E-state index in [4.69, 9.17) is 16.3 Å². The normalized spacial score (nSPS) is 31.8. The number of nitrogens with zero attached hydrogens (tertiary/aromatic N) is 1. The second-order valence-corrected chi connectivity index (χ2v) is 3.51. The van der Waals surface area contributed by atoms with Crippen LogP contribution in [0.5, 0.6) is 0 Å². The number of halogens is 1. The molecule has 0 aromatic carbocycles. The molecule has 0 saturated carbocycles. The maximum Gasteiger partial charge on any atom is 0.0838 e. The second kappa shape index (κ2) is 4.85. The zero-order valence-electron chi connectivity index (χ0n) is 7.50. The van der Waals surface area contributed by atoms with Crippen molar-refractivity contribution >= 4 is 11.6 Å². The summed E-state index contributed by atoms with van der Waals surface area (Å²) < 4.78 is 5.51. The van der Waals surface area contributed by atoms with E-state index >= 15 is 0 Å². The van der Waals surface area contributed by atoms with Gasteiger partial charge in [0, 0.05) is 25.0 Å². The van der Waals surface area contributed by atoms with Crippen molar-refractivity contribution in [3.63, 3.8) is 0 Å². The summed E-state index contributed by atoms with van der Waals surface area (Å²) in [5.74, 6) is 0.584. The van der Waals surface area contributed by atoms with Crippen molar-refractivity contribution < 1.29 is 4.74 Å². The molecule has 1 rings (SSSR count). The van der Waals surface area contributed by atoms with Crippen LogP contribution in [-0.2, 0) is 4.74 Å². The van der Waals surface area contributed by atoms with Crippen molar-refractivity contribution in [1.82, 2.24) is 4.90 Å². The van der Waals surface area contributed by atoms with Crippen LogP contribution in [-0.4, -0.2) is 42.6 Å². The summed E-state index contributed by atoms with van der Waals surface area (Å²) in [5.41, 5.74) is 0. The molecule has 0 spiro atoms. The van der Waals surface area contributed by atoms with E-state index in [1.165, 1.54) is 0 Å². The molecule has 0 amide bonds. The topological polar surface area (TPSA) is 12.5 Å². The molecule has 0 bridgehead atoms. The number of hydrogen-bond donors (Lipinski definition) is 0. The van der Waals surface area contributed by atoms with Crippen LogP contribution >= 0.6 is 11.6 Å². The average molecular weight is 190 g/mol. The SMILES string of the molecule is C=CCN1CC(CCl)OCC1C. The number of rotatable bonds is 3. The molecule has 1 aliphatic rings. The van der Waals surface area contributed by atoms with Crippen molar-refractivity contribution in [2.24, 2.45) is 0 Å². The predicted molar refractivity (Wildman–Crippen MR) is 51.7 cm³/mol. The first kappa shape index (κ1) is 10.0. The van der Waals surface area contributed by atoms with E-state index in [1.54, 1.807) is 0 Å². The largest absolute Gasteiger partial charge is 0.374 e. The van der Waals surface area contributed by atoms with Crippen molar-refractivity contribution in [3.05, 3.63) is 12.7 Å². The Kier molecular flexibility index (Phi) is 4.06. The summed E-state index contributed by atoms with van der Waals surface area (Å²) in [4.78, 5) is 2.34. The van der Waals surface area contributed by atoms with Gasteiger partial charge in [0.05, 0.1) is 12.7 Å². The molecule has 0 aromatic heterocycles. The van der Waals surface area contributed by atoms with Crippen LogP contribution in [0.3, 0.4) is 0 Å². The summed E-state index contributed by atoms with van der Waals surface area (Å²) in [6.45, 7) is 8.52. The molecule has 2 atom stereocenters. The molecule has 3 heteroatoms. The third-order valence-corrected chi connectivity index (χ3v) is 2.51. The van der Waals surface area contributed by atoms with Gasteiger partial charge < -0.3 is 4.74 Å². The molecular formula is C9H16ClNO. The van der Waals surface area contributed by atoms with E-state index in [0.29, 0.717) is 11.9 Å². The fourth-order valence-electron chi connectivity index (χ4n) is 1.39. The monoisotopic (exact) mass is 189 g/mol. The Morgan fingerprint density at radius 2 is 2.50 bits per heavy atom.